The Bertz CT molecular complexity index is 385. The molecule has 17 heavy (non-hydrogen) atoms. The number of ether oxygens (including phenoxy) is 2. The largest absolute Gasteiger partial charge is 0.492 e. The first-order chi connectivity index (χ1) is 8.15. The van der Waals surface area contributed by atoms with Crippen molar-refractivity contribution < 1.29 is 18.3 Å². The second-order valence-corrected chi connectivity index (χ2v) is 4.10. The summed E-state index contributed by atoms with van der Waals surface area (Å²) in [7, 11) is 0. The van der Waals surface area contributed by atoms with E-state index in [0.717, 1.165) is 23.3 Å². The van der Waals surface area contributed by atoms with Gasteiger partial charge in [-0.25, -0.2) is 0 Å². The molecule has 0 bridgehead atoms. The molecule has 1 heterocycles. The van der Waals surface area contributed by atoms with Crippen molar-refractivity contribution in [1.82, 2.24) is 0 Å². The SMILES string of the molecule is N[C@H]1COc2ccc(CCOC(F)F)cc2C1. The summed E-state index contributed by atoms with van der Waals surface area (Å²) in [6, 6.07) is 5.68. The summed E-state index contributed by atoms with van der Waals surface area (Å²) < 4.78 is 33.3. The van der Waals surface area contributed by atoms with Crippen LogP contribution >= 0.6 is 0 Å². The van der Waals surface area contributed by atoms with Crippen molar-refractivity contribution in [2.45, 2.75) is 25.5 Å². The highest BCUT2D eigenvalue weighted by molar-refractivity contribution is 5.39. The smallest absolute Gasteiger partial charge is 0.345 e. The van der Waals surface area contributed by atoms with Gasteiger partial charge < -0.3 is 15.2 Å². The Balaban J connectivity index is 1.98. The van der Waals surface area contributed by atoms with E-state index in [1.165, 1.54) is 0 Å². The maximum absolute atomic E-state index is 11.8. The molecule has 0 aliphatic carbocycles. The van der Waals surface area contributed by atoms with Crippen LogP contribution in [0.1, 0.15) is 11.1 Å². The highest BCUT2D eigenvalue weighted by Gasteiger charge is 2.16. The van der Waals surface area contributed by atoms with Crippen LogP contribution in [0, 0.1) is 0 Å². The molecule has 2 rings (SSSR count). The standard InChI is InChI=1S/C12H15F2NO2/c13-12(14)16-4-3-8-1-2-11-9(5-8)6-10(15)7-17-11/h1-2,5,10,12H,3-4,6-7,15H2/t10-/m1/s1. The lowest BCUT2D eigenvalue weighted by atomic mass is 10.00. The number of hydrogen-bond donors (Lipinski definition) is 1. The molecule has 1 aliphatic heterocycles. The minimum atomic E-state index is -2.70. The molecule has 1 atom stereocenters. The molecule has 0 saturated carbocycles. The van der Waals surface area contributed by atoms with Crippen molar-refractivity contribution in [3.63, 3.8) is 0 Å². The molecular formula is C12H15F2NO2. The van der Waals surface area contributed by atoms with E-state index < -0.39 is 6.61 Å². The first-order valence-corrected chi connectivity index (χ1v) is 5.55. The molecule has 0 spiro atoms. The Kier molecular flexibility index (Phi) is 3.91. The van der Waals surface area contributed by atoms with Crippen LogP contribution in [0.4, 0.5) is 8.78 Å². The van der Waals surface area contributed by atoms with Gasteiger partial charge in [0.2, 0.25) is 0 Å². The second kappa shape index (κ2) is 5.42. The van der Waals surface area contributed by atoms with Crippen molar-refractivity contribution in [2.75, 3.05) is 13.2 Å². The minimum Gasteiger partial charge on any atom is -0.492 e. The first kappa shape index (κ1) is 12.3. The fourth-order valence-corrected chi connectivity index (χ4v) is 1.89. The maximum atomic E-state index is 11.8. The van der Waals surface area contributed by atoms with Crippen molar-refractivity contribution in [1.29, 1.82) is 0 Å². The molecule has 0 fully saturated rings. The van der Waals surface area contributed by atoms with Gasteiger partial charge >= 0.3 is 6.61 Å². The molecule has 5 heteroatoms. The Morgan fingerprint density at radius 1 is 1.47 bits per heavy atom. The fraction of sp³-hybridized carbons (Fsp3) is 0.500. The third-order valence-electron chi connectivity index (χ3n) is 2.69. The number of rotatable bonds is 4. The third kappa shape index (κ3) is 3.38. The van der Waals surface area contributed by atoms with Crippen LogP contribution in [-0.4, -0.2) is 25.9 Å². The van der Waals surface area contributed by atoms with E-state index in [1.807, 2.05) is 18.2 Å². The number of nitrogens with two attached hydrogens (primary N) is 1. The van der Waals surface area contributed by atoms with E-state index in [4.69, 9.17) is 10.5 Å². The van der Waals surface area contributed by atoms with Crippen LogP contribution in [0.3, 0.4) is 0 Å². The average molecular weight is 243 g/mol. The van der Waals surface area contributed by atoms with Crippen molar-refractivity contribution in [2.24, 2.45) is 5.73 Å². The summed E-state index contributed by atoms with van der Waals surface area (Å²) in [4.78, 5) is 0. The molecular weight excluding hydrogens is 228 g/mol. The fourth-order valence-electron chi connectivity index (χ4n) is 1.89. The lowest BCUT2D eigenvalue weighted by Gasteiger charge is -2.22. The lowest BCUT2D eigenvalue weighted by molar-refractivity contribution is -0.127. The van der Waals surface area contributed by atoms with Crippen LogP contribution in [-0.2, 0) is 17.6 Å². The molecule has 0 saturated heterocycles. The zero-order chi connectivity index (χ0) is 12.3. The van der Waals surface area contributed by atoms with Crippen LogP contribution in [0.2, 0.25) is 0 Å². The number of alkyl halides is 2. The number of hydrogen-bond acceptors (Lipinski definition) is 3. The Labute approximate surface area is 98.5 Å². The van der Waals surface area contributed by atoms with Gasteiger partial charge in [0.25, 0.3) is 0 Å². The van der Waals surface area contributed by atoms with Gasteiger partial charge in [0.1, 0.15) is 12.4 Å². The van der Waals surface area contributed by atoms with Crippen LogP contribution in [0.15, 0.2) is 18.2 Å². The summed E-state index contributed by atoms with van der Waals surface area (Å²) in [5.74, 6) is 0.838. The molecule has 0 unspecified atom stereocenters. The Morgan fingerprint density at radius 2 is 2.29 bits per heavy atom. The predicted octanol–water partition coefficient (Wildman–Crippen LogP) is 1.73. The van der Waals surface area contributed by atoms with E-state index in [1.54, 1.807) is 0 Å². The topological polar surface area (TPSA) is 44.5 Å². The molecule has 0 aromatic heterocycles. The van der Waals surface area contributed by atoms with Gasteiger partial charge in [0, 0.05) is 6.04 Å². The zero-order valence-corrected chi connectivity index (χ0v) is 9.36. The van der Waals surface area contributed by atoms with Crippen LogP contribution < -0.4 is 10.5 Å². The molecule has 2 N–H and O–H groups in total. The molecule has 1 aliphatic rings. The monoisotopic (exact) mass is 243 g/mol. The Morgan fingerprint density at radius 3 is 3.06 bits per heavy atom. The van der Waals surface area contributed by atoms with E-state index >= 15 is 0 Å². The Hall–Kier alpha value is -1.20. The van der Waals surface area contributed by atoms with Crippen molar-refractivity contribution >= 4 is 0 Å². The van der Waals surface area contributed by atoms with E-state index in [2.05, 4.69) is 4.74 Å². The molecule has 94 valence electrons. The summed E-state index contributed by atoms with van der Waals surface area (Å²) in [6.45, 7) is -2.16. The van der Waals surface area contributed by atoms with Crippen LogP contribution in [0.25, 0.3) is 0 Å². The summed E-state index contributed by atoms with van der Waals surface area (Å²) >= 11 is 0. The second-order valence-electron chi connectivity index (χ2n) is 4.10. The van der Waals surface area contributed by atoms with Gasteiger partial charge in [-0.05, 0) is 30.0 Å². The lowest BCUT2D eigenvalue weighted by Crippen LogP contribution is -2.33. The predicted molar refractivity (Wildman–Crippen MR) is 59.3 cm³/mol. The molecule has 1 aromatic rings. The van der Waals surface area contributed by atoms with Gasteiger partial charge in [0.15, 0.2) is 0 Å². The van der Waals surface area contributed by atoms with E-state index in [0.29, 0.717) is 13.0 Å². The number of halogens is 2. The highest BCUT2D eigenvalue weighted by atomic mass is 19.3. The van der Waals surface area contributed by atoms with Gasteiger partial charge in [0.05, 0.1) is 6.61 Å². The van der Waals surface area contributed by atoms with Crippen LogP contribution in [0.5, 0.6) is 5.75 Å². The zero-order valence-electron chi connectivity index (χ0n) is 9.36. The first-order valence-electron chi connectivity index (χ1n) is 5.55. The molecule has 1 aromatic carbocycles. The average Bonchev–Trinajstić information content (AvgIpc) is 2.28. The molecule has 0 radical (unpaired) electrons. The number of benzene rings is 1. The van der Waals surface area contributed by atoms with Gasteiger partial charge in [-0.3, -0.25) is 0 Å². The van der Waals surface area contributed by atoms with E-state index in [-0.39, 0.29) is 12.6 Å². The van der Waals surface area contributed by atoms with Gasteiger partial charge in [-0.2, -0.15) is 8.78 Å². The summed E-state index contributed by atoms with van der Waals surface area (Å²) in [5, 5.41) is 0. The minimum absolute atomic E-state index is 0.00932. The van der Waals surface area contributed by atoms with E-state index in [9.17, 15) is 8.78 Å². The summed E-state index contributed by atoms with van der Waals surface area (Å²) in [5.41, 5.74) is 7.79. The highest BCUT2D eigenvalue weighted by Crippen LogP contribution is 2.25. The van der Waals surface area contributed by atoms with Crippen molar-refractivity contribution in [3.05, 3.63) is 29.3 Å². The van der Waals surface area contributed by atoms with Gasteiger partial charge in [-0.15, -0.1) is 0 Å². The summed E-state index contributed by atoms with van der Waals surface area (Å²) in [6.07, 6.45) is 1.23. The van der Waals surface area contributed by atoms with Crippen molar-refractivity contribution in [3.8, 4) is 5.75 Å². The third-order valence-corrected chi connectivity index (χ3v) is 2.69. The molecule has 0 amide bonds. The normalized spacial score (nSPS) is 18.9. The maximum Gasteiger partial charge on any atom is 0.345 e. The number of fused-ring (bicyclic) bond motifs is 1. The molecule has 3 nitrogen and oxygen atoms in total. The van der Waals surface area contributed by atoms with Gasteiger partial charge in [-0.1, -0.05) is 12.1 Å². The quantitative estimate of drug-likeness (QED) is 0.875.